The molecule has 0 radical (unpaired) electrons. The monoisotopic (exact) mass is 401 g/mol. The van der Waals surface area contributed by atoms with E-state index in [0.717, 1.165) is 5.57 Å². The van der Waals surface area contributed by atoms with Gasteiger partial charge in [-0.25, -0.2) is 0 Å². The number of nitro benzene ring substituents is 1. The quantitative estimate of drug-likeness (QED) is 0.329. The molecule has 6 nitrogen and oxygen atoms in total. The van der Waals surface area contributed by atoms with Crippen LogP contribution >= 0.6 is 22.6 Å². The predicted molar refractivity (Wildman–Crippen MR) is 88.3 cm³/mol. The minimum absolute atomic E-state index is 0.172. The Morgan fingerprint density at radius 1 is 1.62 bits per heavy atom. The second-order valence-corrected chi connectivity index (χ2v) is 5.91. The van der Waals surface area contributed by atoms with Crippen molar-refractivity contribution in [1.29, 1.82) is 5.26 Å². The minimum Gasteiger partial charge on any atom is -0.482 e. The van der Waals surface area contributed by atoms with Crippen LogP contribution in [-0.4, -0.2) is 24.1 Å². The summed E-state index contributed by atoms with van der Waals surface area (Å²) in [6.07, 6.45) is 0. The molecule has 0 aromatic heterocycles. The normalized spacial score (nSPS) is 10.2. The van der Waals surface area contributed by atoms with Crippen molar-refractivity contribution in [3.63, 3.8) is 0 Å². The van der Waals surface area contributed by atoms with Gasteiger partial charge in [-0.2, -0.15) is 5.26 Å². The first-order chi connectivity index (χ1) is 9.85. The van der Waals surface area contributed by atoms with E-state index in [1.807, 2.05) is 42.5 Å². The topological polar surface area (TPSA) is 88.2 Å². The van der Waals surface area contributed by atoms with Gasteiger partial charge in [0.05, 0.1) is 20.1 Å². The minimum atomic E-state index is -0.548. The molecule has 0 atom stereocenters. The summed E-state index contributed by atoms with van der Waals surface area (Å²) in [6, 6.07) is 4.99. The first kappa shape index (κ1) is 17.4. The Bertz CT molecular complexity index is 594. The molecule has 7 heteroatoms. The molecule has 0 unspecified atom stereocenters. The van der Waals surface area contributed by atoms with Gasteiger partial charge in [0.25, 0.3) is 0 Å². The second kappa shape index (κ2) is 7.95. The van der Waals surface area contributed by atoms with Crippen molar-refractivity contribution in [2.45, 2.75) is 19.9 Å². The third-order valence-electron chi connectivity index (χ3n) is 2.53. The van der Waals surface area contributed by atoms with Crippen LogP contribution in [0.5, 0.6) is 5.75 Å². The highest BCUT2D eigenvalue weighted by atomic mass is 127. The lowest BCUT2D eigenvalue weighted by Gasteiger charge is -2.13. The maximum atomic E-state index is 11.1. The number of ether oxygens (including phenoxy) is 1. The third-order valence-corrected chi connectivity index (χ3v) is 3.33. The van der Waals surface area contributed by atoms with Crippen LogP contribution < -0.4 is 10.1 Å². The summed E-state index contributed by atoms with van der Waals surface area (Å²) < 4.78 is 6.06. The van der Waals surface area contributed by atoms with Gasteiger partial charge in [-0.1, -0.05) is 20.4 Å². The van der Waals surface area contributed by atoms with Crippen LogP contribution in [0.4, 0.5) is 5.69 Å². The highest BCUT2D eigenvalue weighted by molar-refractivity contribution is 14.1. The van der Waals surface area contributed by atoms with Crippen LogP contribution in [0.2, 0.25) is 0 Å². The number of nitrogens with zero attached hydrogens (tertiary/aromatic N) is 2. The number of rotatable bonds is 7. The number of hydrogen-bond donors (Lipinski definition) is 1. The van der Waals surface area contributed by atoms with Crippen molar-refractivity contribution in [2.24, 2.45) is 0 Å². The molecule has 0 spiro atoms. The fraction of sp³-hybridized carbons (Fsp3) is 0.357. The SMILES string of the molecule is C=C(CNC(C)C)COc1c(I)cc(C#N)cc1[N+](=O)[O-]. The molecular weight excluding hydrogens is 385 g/mol. The molecule has 1 rings (SSSR count). The zero-order valence-corrected chi connectivity index (χ0v) is 14.0. The van der Waals surface area contributed by atoms with Crippen molar-refractivity contribution >= 4 is 28.3 Å². The van der Waals surface area contributed by atoms with E-state index in [-0.39, 0.29) is 23.6 Å². The first-order valence-electron chi connectivity index (χ1n) is 6.26. The Balaban J connectivity index is 2.86. The number of hydrogen-bond acceptors (Lipinski definition) is 5. The Hall–Kier alpha value is -1.66. The number of benzene rings is 1. The molecule has 112 valence electrons. The fourth-order valence-corrected chi connectivity index (χ4v) is 2.26. The van der Waals surface area contributed by atoms with Gasteiger partial charge in [-0.15, -0.1) is 0 Å². The van der Waals surface area contributed by atoms with Gasteiger partial charge in [0.15, 0.2) is 0 Å². The van der Waals surface area contributed by atoms with E-state index in [4.69, 9.17) is 10.00 Å². The zero-order chi connectivity index (χ0) is 16.0. The number of nitrogens with one attached hydrogen (secondary N) is 1. The Morgan fingerprint density at radius 3 is 2.81 bits per heavy atom. The molecular formula is C14H16IN3O3. The molecule has 1 aromatic carbocycles. The molecule has 0 amide bonds. The highest BCUT2D eigenvalue weighted by Crippen LogP contribution is 2.33. The maximum absolute atomic E-state index is 11.1. The smallest absolute Gasteiger partial charge is 0.313 e. The molecule has 0 aliphatic heterocycles. The summed E-state index contributed by atoms with van der Waals surface area (Å²) in [6.45, 7) is 8.66. The summed E-state index contributed by atoms with van der Waals surface area (Å²) in [4.78, 5) is 10.5. The summed E-state index contributed by atoms with van der Waals surface area (Å²) in [7, 11) is 0. The van der Waals surface area contributed by atoms with Crippen LogP contribution in [0.1, 0.15) is 19.4 Å². The van der Waals surface area contributed by atoms with Gasteiger partial charge in [-0.3, -0.25) is 10.1 Å². The van der Waals surface area contributed by atoms with E-state index in [2.05, 4.69) is 11.9 Å². The van der Waals surface area contributed by atoms with E-state index in [9.17, 15) is 10.1 Å². The van der Waals surface area contributed by atoms with Crippen LogP contribution in [0, 0.1) is 25.0 Å². The van der Waals surface area contributed by atoms with Crippen LogP contribution in [0.3, 0.4) is 0 Å². The van der Waals surface area contributed by atoms with Gasteiger partial charge in [0, 0.05) is 18.7 Å². The van der Waals surface area contributed by atoms with Gasteiger partial charge in [-0.05, 0) is 34.2 Å². The van der Waals surface area contributed by atoms with E-state index >= 15 is 0 Å². The van der Waals surface area contributed by atoms with Crippen molar-refractivity contribution in [3.05, 3.63) is 43.5 Å². The van der Waals surface area contributed by atoms with E-state index in [1.165, 1.54) is 6.07 Å². The van der Waals surface area contributed by atoms with E-state index in [0.29, 0.717) is 16.2 Å². The Kier molecular flexibility index (Phi) is 6.58. The van der Waals surface area contributed by atoms with Crippen molar-refractivity contribution in [3.8, 4) is 11.8 Å². The second-order valence-electron chi connectivity index (χ2n) is 4.75. The molecule has 1 aromatic rings. The number of nitro groups is 1. The van der Waals surface area contributed by atoms with Gasteiger partial charge >= 0.3 is 5.69 Å². The van der Waals surface area contributed by atoms with E-state index < -0.39 is 4.92 Å². The van der Waals surface area contributed by atoms with Crippen molar-refractivity contribution in [2.75, 3.05) is 13.2 Å². The van der Waals surface area contributed by atoms with Crippen LogP contribution in [0.15, 0.2) is 24.3 Å². The highest BCUT2D eigenvalue weighted by Gasteiger charge is 2.20. The molecule has 0 aliphatic rings. The molecule has 21 heavy (non-hydrogen) atoms. The van der Waals surface area contributed by atoms with Crippen molar-refractivity contribution in [1.82, 2.24) is 5.32 Å². The van der Waals surface area contributed by atoms with Gasteiger partial charge in [0.1, 0.15) is 6.61 Å². The summed E-state index contributed by atoms with van der Waals surface area (Å²) in [5, 5.41) is 23.1. The lowest BCUT2D eigenvalue weighted by molar-refractivity contribution is -0.385. The molecule has 0 saturated heterocycles. The third kappa shape index (κ3) is 5.32. The maximum Gasteiger partial charge on any atom is 0.313 e. The lowest BCUT2D eigenvalue weighted by Crippen LogP contribution is -2.26. The van der Waals surface area contributed by atoms with Crippen LogP contribution in [0.25, 0.3) is 0 Å². The summed E-state index contributed by atoms with van der Waals surface area (Å²) in [5.74, 6) is 0.172. The molecule has 0 bridgehead atoms. The predicted octanol–water partition coefficient (Wildman–Crippen LogP) is 3.00. The van der Waals surface area contributed by atoms with E-state index in [1.54, 1.807) is 6.07 Å². The molecule has 0 fully saturated rings. The summed E-state index contributed by atoms with van der Waals surface area (Å²) >= 11 is 1.92. The number of halogens is 1. The number of nitriles is 1. The molecule has 0 heterocycles. The summed E-state index contributed by atoms with van der Waals surface area (Å²) in [5.41, 5.74) is 0.819. The van der Waals surface area contributed by atoms with Gasteiger partial charge < -0.3 is 10.1 Å². The molecule has 0 aliphatic carbocycles. The standard InChI is InChI=1S/C14H16IN3O3/c1-9(2)17-7-10(3)8-21-14-12(15)4-11(6-16)5-13(14)18(19)20/h4-5,9,17H,3,7-8H2,1-2H3. The first-order valence-corrected chi connectivity index (χ1v) is 7.34. The fourth-order valence-electron chi connectivity index (χ4n) is 1.50. The van der Waals surface area contributed by atoms with Gasteiger partial charge in [0.2, 0.25) is 5.75 Å². The van der Waals surface area contributed by atoms with Crippen LogP contribution in [-0.2, 0) is 0 Å². The average Bonchev–Trinajstić information content (AvgIpc) is 2.42. The zero-order valence-electron chi connectivity index (χ0n) is 11.9. The molecule has 1 N–H and O–H groups in total. The Morgan fingerprint density at radius 2 is 2.29 bits per heavy atom. The lowest BCUT2D eigenvalue weighted by atomic mass is 10.2. The molecule has 0 saturated carbocycles. The Labute approximate surface area is 137 Å². The average molecular weight is 401 g/mol. The largest absolute Gasteiger partial charge is 0.482 e. The van der Waals surface area contributed by atoms with Crippen molar-refractivity contribution < 1.29 is 9.66 Å².